The molecular weight excluding hydrogens is 200 g/mol. The Morgan fingerprint density at radius 2 is 2.27 bits per heavy atom. The van der Waals surface area contributed by atoms with Crippen molar-refractivity contribution in [1.82, 2.24) is 10.2 Å². The van der Waals surface area contributed by atoms with Gasteiger partial charge in [-0.3, -0.25) is 14.4 Å². The zero-order valence-electron chi connectivity index (χ0n) is 8.52. The third-order valence-electron chi connectivity index (χ3n) is 2.36. The molecule has 2 N–H and O–H groups in total. The van der Waals surface area contributed by atoms with Gasteiger partial charge in [-0.15, -0.1) is 0 Å². The minimum Gasteiger partial charge on any atom is -0.481 e. The topological polar surface area (TPSA) is 86.7 Å². The molecule has 0 bridgehead atoms. The van der Waals surface area contributed by atoms with Gasteiger partial charge in [0.05, 0.1) is 12.3 Å². The van der Waals surface area contributed by atoms with E-state index >= 15 is 0 Å². The van der Waals surface area contributed by atoms with E-state index in [1.807, 2.05) is 0 Å². The van der Waals surface area contributed by atoms with E-state index in [-0.39, 0.29) is 37.1 Å². The van der Waals surface area contributed by atoms with Crippen molar-refractivity contribution < 1.29 is 19.5 Å². The van der Waals surface area contributed by atoms with Crippen LogP contribution in [-0.4, -0.2) is 47.9 Å². The van der Waals surface area contributed by atoms with Gasteiger partial charge in [0.25, 0.3) is 0 Å². The highest BCUT2D eigenvalue weighted by atomic mass is 16.4. The lowest BCUT2D eigenvalue weighted by Gasteiger charge is -2.19. The summed E-state index contributed by atoms with van der Waals surface area (Å²) in [7, 11) is 1.55. The molecule has 0 spiro atoms. The van der Waals surface area contributed by atoms with Gasteiger partial charge in [0.15, 0.2) is 0 Å². The van der Waals surface area contributed by atoms with Crippen LogP contribution < -0.4 is 5.32 Å². The number of nitrogens with one attached hydrogen (secondary N) is 1. The molecule has 0 aromatic carbocycles. The number of hydrogen-bond donors (Lipinski definition) is 2. The van der Waals surface area contributed by atoms with Crippen molar-refractivity contribution in [2.75, 3.05) is 20.1 Å². The molecule has 0 aromatic rings. The third kappa shape index (κ3) is 3.23. The van der Waals surface area contributed by atoms with Gasteiger partial charge >= 0.3 is 5.97 Å². The quantitative estimate of drug-likeness (QED) is 0.632. The van der Waals surface area contributed by atoms with Crippen LogP contribution in [0.25, 0.3) is 0 Å². The van der Waals surface area contributed by atoms with E-state index in [1.165, 1.54) is 4.90 Å². The van der Waals surface area contributed by atoms with Crippen molar-refractivity contribution >= 4 is 17.8 Å². The lowest BCUT2D eigenvalue weighted by atomic mass is 10.1. The fourth-order valence-corrected chi connectivity index (χ4v) is 1.47. The molecule has 6 heteroatoms. The second kappa shape index (κ2) is 4.77. The number of carbonyl (C=O) groups excluding carboxylic acids is 2. The molecule has 15 heavy (non-hydrogen) atoms. The van der Waals surface area contributed by atoms with Gasteiger partial charge in [-0.2, -0.15) is 0 Å². The van der Waals surface area contributed by atoms with Crippen molar-refractivity contribution in [1.29, 1.82) is 0 Å². The third-order valence-corrected chi connectivity index (χ3v) is 2.36. The number of rotatable bonds is 4. The first-order valence-corrected chi connectivity index (χ1v) is 4.74. The number of nitrogens with zero attached hydrogens (tertiary/aromatic N) is 1. The van der Waals surface area contributed by atoms with Crippen LogP contribution in [0.2, 0.25) is 0 Å². The summed E-state index contributed by atoms with van der Waals surface area (Å²) < 4.78 is 0. The number of hydrogen-bond acceptors (Lipinski definition) is 3. The summed E-state index contributed by atoms with van der Waals surface area (Å²) in [5.41, 5.74) is 0. The minimum atomic E-state index is -0.935. The molecule has 0 saturated carbocycles. The molecular formula is C9H14N2O4. The summed E-state index contributed by atoms with van der Waals surface area (Å²) in [5.74, 6) is -1.57. The fraction of sp³-hybridized carbons (Fsp3) is 0.667. The largest absolute Gasteiger partial charge is 0.481 e. The predicted molar refractivity (Wildman–Crippen MR) is 51.0 cm³/mol. The number of amides is 2. The molecule has 0 aliphatic carbocycles. The number of aliphatic carboxylic acids is 1. The summed E-state index contributed by atoms with van der Waals surface area (Å²) in [6, 6.07) is 0. The highest BCUT2D eigenvalue weighted by Gasteiger charge is 2.29. The van der Waals surface area contributed by atoms with Gasteiger partial charge in [0, 0.05) is 26.6 Å². The second-order valence-electron chi connectivity index (χ2n) is 3.61. The maximum Gasteiger partial charge on any atom is 0.305 e. The molecule has 1 aliphatic heterocycles. The van der Waals surface area contributed by atoms with E-state index in [4.69, 9.17) is 5.11 Å². The number of carbonyl (C=O) groups is 3. The van der Waals surface area contributed by atoms with Gasteiger partial charge in [-0.1, -0.05) is 0 Å². The van der Waals surface area contributed by atoms with E-state index < -0.39 is 5.97 Å². The average molecular weight is 214 g/mol. The highest BCUT2D eigenvalue weighted by Crippen LogP contribution is 2.11. The SMILES string of the molecule is CN(CCC(=O)O)C(=O)C1CNC(=O)C1. The van der Waals surface area contributed by atoms with Crippen molar-refractivity contribution in [3.63, 3.8) is 0 Å². The van der Waals surface area contributed by atoms with E-state index in [0.29, 0.717) is 6.54 Å². The van der Waals surface area contributed by atoms with E-state index in [2.05, 4.69) is 5.32 Å². The van der Waals surface area contributed by atoms with E-state index in [0.717, 1.165) is 0 Å². The van der Waals surface area contributed by atoms with Gasteiger partial charge in [-0.05, 0) is 0 Å². The second-order valence-corrected chi connectivity index (χ2v) is 3.61. The molecule has 6 nitrogen and oxygen atoms in total. The van der Waals surface area contributed by atoms with Crippen molar-refractivity contribution in [3.05, 3.63) is 0 Å². The van der Waals surface area contributed by atoms with Crippen LogP contribution in [0.15, 0.2) is 0 Å². The number of carboxylic acid groups (broad SMARTS) is 1. The average Bonchev–Trinajstić information content (AvgIpc) is 2.60. The van der Waals surface area contributed by atoms with Crippen LogP contribution in [0.3, 0.4) is 0 Å². The highest BCUT2D eigenvalue weighted by molar-refractivity contribution is 5.89. The molecule has 1 saturated heterocycles. The van der Waals surface area contributed by atoms with E-state index in [1.54, 1.807) is 7.05 Å². The smallest absolute Gasteiger partial charge is 0.305 e. The predicted octanol–water partition coefficient (Wildman–Crippen LogP) is -0.944. The van der Waals surface area contributed by atoms with Crippen molar-refractivity contribution in [2.45, 2.75) is 12.8 Å². The Balaban J connectivity index is 2.39. The zero-order chi connectivity index (χ0) is 11.4. The van der Waals surface area contributed by atoms with Gasteiger partial charge in [0.1, 0.15) is 0 Å². The fourth-order valence-electron chi connectivity index (χ4n) is 1.47. The lowest BCUT2D eigenvalue weighted by Crippen LogP contribution is -2.35. The molecule has 1 rings (SSSR count). The molecule has 1 heterocycles. The zero-order valence-corrected chi connectivity index (χ0v) is 8.52. The maximum absolute atomic E-state index is 11.6. The van der Waals surface area contributed by atoms with Crippen molar-refractivity contribution in [3.8, 4) is 0 Å². The Bertz CT molecular complexity index is 290. The van der Waals surface area contributed by atoms with Crippen LogP contribution in [0.4, 0.5) is 0 Å². The van der Waals surface area contributed by atoms with Crippen LogP contribution in [0.1, 0.15) is 12.8 Å². The van der Waals surface area contributed by atoms with Crippen LogP contribution in [0.5, 0.6) is 0 Å². The van der Waals surface area contributed by atoms with Gasteiger partial charge < -0.3 is 15.3 Å². The first-order chi connectivity index (χ1) is 7.00. The monoisotopic (exact) mass is 214 g/mol. The molecule has 84 valence electrons. The number of carboxylic acids is 1. The molecule has 1 atom stereocenters. The lowest BCUT2D eigenvalue weighted by molar-refractivity contribution is -0.139. The molecule has 1 fully saturated rings. The van der Waals surface area contributed by atoms with Gasteiger partial charge in [-0.25, -0.2) is 0 Å². The Hall–Kier alpha value is -1.59. The minimum absolute atomic E-state index is 0.0731. The first kappa shape index (κ1) is 11.5. The summed E-state index contributed by atoms with van der Waals surface area (Å²) in [6.07, 6.45) is 0.132. The Kier molecular flexibility index (Phi) is 3.65. The Labute approximate surface area is 87.2 Å². The summed E-state index contributed by atoms with van der Waals surface area (Å²) in [6.45, 7) is 0.536. The molecule has 0 aromatic heterocycles. The molecule has 0 radical (unpaired) electrons. The van der Waals surface area contributed by atoms with E-state index in [9.17, 15) is 14.4 Å². The van der Waals surface area contributed by atoms with Crippen LogP contribution in [-0.2, 0) is 14.4 Å². The van der Waals surface area contributed by atoms with Crippen molar-refractivity contribution in [2.24, 2.45) is 5.92 Å². The summed E-state index contributed by atoms with van der Waals surface area (Å²) in [5, 5.41) is 11.0. The normalized spacial score (nSPS) is 19.8. The van der Waals surface area contributed by atoms with Crippen LogP contribution >= 0.6 is 0 Å². The standard InChI is InChI=1S/C9H14N2O4/c1-11(3-2-8(13)14)9(15)6-4-7(12)10-5-6/h6H,2-5H2,1H3,(H,10,12)(H,13,14). The Morgan fingerprint density at radius 3 is 2.73 bits per heavy atom. The summed E-state index contributed by atoms with van der Waals surface area (Å²) in [4.78, 5) is 34.2. The molecule has 1 unspecified atom stereocenters. The van der Waals surface area contributed by atoms with Gasteiger partial charge in [0.2, 0.25) is 11.8 Å². The molecule has 2 amide bonds. The van der Waals surface area contributed by atoms with Crippen LogP contribution in [0, 0.1) is 5.92 Å². The Morgan fingerprint density at radius 1 is 1.60 bits per heavy atom. The first-order valence-electron chi connectivity index (χ1n) is 4.74. The molecule has 1 aliphatic rings. The summed E-state index contributed by atoms with van der Waals surface area (Å²) >= 11 is 0. The maximum atomic E-state index is 11.6.